The van der Waals surface area contributed by atoms with E-state index in [2.05, 4.69) is 5.32 Å². The number of halogens is 2. The molecule has 0 unspecified atom stereocenters. The van der Waals surface area contributed by atoms with Gasteiger partial charge in [-0.1, -0.05) is 11.6 Å². The highest BCUT2D eigenvalue weighted by Gasteiger charge is 2.23. The highest BCUT2D eigenvalue weighted by Crippen LogP contribution is 2.28. The van der Waals surface area contributed by atoms with Crippen LogP contribution < -0.4 is 10.1 Å². The summed E-state index contributed by atoms with van der Waals surface area (Å²) in [6.07, 6.45) is 0.656. The molecule has 1 saturated heterocycles. The fourth-order valence-electron chi connectivity index (χ4n) is 3.23. The smallest absolute Gasteiger partial charge is 0.321 e. The maximum atomic E-state index is 13.1. The van der Waals surface area contributed by atoms with Crippen LogP contribution in [0.1, 0.15) is 30.6 Å². The highest BCUT2D eigenvalue weighted by atomic mass is 35.5. The van der Waals surface area contributed by atoms with Gasteiger partial charge in [-0.15, -0.1) is 0 Å². The second-order valence-electron chi connectivity index (χ2n) is 7.38. The first-order chi connectivity index (χ1) is 14.3. The quantitative estimate of drug-likeness (QED) is 0.763. The van der Waals surface area contributed by atoms with Crippen LogP contribution in [0.5, 0.6) is 5.75 Å². The number of amides is 3. The Hall–Kier alpha value is -2.80. The van der Waals surface area contributed by atoms with Crippen molar-refractivity contribution in [2.75, 3.05) is 31.5 Å². The molecule has 1 fully saturated rings. The molecule has 1 heterocycles. The van der Waals surface area contributed by atoms with Crippen LogP contribution in [0.4, 0.5) is 14.9 Å². The normalized spacial score (nSPS) is 14.4. The third-order valence-electron chi connectivity index (χ3n) is 4.71. The van der Waals surface area contributed by atoms with Crippen LogP contribution in [0.2, 0.25) is 5.02 Å². The fourth-order valence-corrected chi connectivity index (χ4v) is 3.45. The van der Waals surface area contributed by atoms with Gasteiger partial charge in [0.05, 0.1) is 11.1 Å². The van der Waals surface area contributed by atoms with Crippen molar-refractivity contribution in [3.8, 4) is 5.75 Å². The summed E-state index contributed by atoms with van der Waals surface area (Å²) in [7, 11) is 0. The number of anilines is 1. The van der Waals surface area contributed by atoms with Gasteiger partial charge in [0.15, 0.2) is 0 Å². The zero-order valence-corrected chi connectivity index (χ0v) is 17.8. The Morgan fingerprint density at radius 2 is 1.70 bits per heavy atom. The number of nitrogens with one attached hydrogen (secondary N) is 1. The van der Waals surface area contributed by atoms with E-state index in [1.807, 2.05) is 13.8 Å². The number of benzene rings is 2. The van der Waals surface area contributed by atoms with E-state index in [0.29, 0.717) is 54.6 Å². The van der Waals surface area contributed by atoms with Crippen molar-refractivity contribution in [3.05, 3.63) is 58.9 Å². The van der Waals surface area contributed by atoms with Crippen LogP contribution >= 0.6 is 11.6 Å². The molecule has 0 aliphatic carbocycles. The summed E-state index contributed by atoms with van der Waals surface area (Å²) in [4.78, 5) is 28.7. The van der Waals surface area contributed by atoms with Crippen molar-refractivity contribution < 1.29 is 18.7 Å². The molecule has 2 aromatic carbocycles. The number of urea groups is 1. The molecule has 0 radical (unpaired) electrons. The van der Waals surface area contributed by atoms with Gasteiger partial charge in [-0.25, -0.2) is 9.18 Å². The van der Waals surface area contributed by atoms with E-state index in [0.717, 1.165) is 0 Å². The first-order valence-corrected chi connectivity index (χ1v) is 10.3. The van der Waals surface area contributed by atoms with Crippen molar-refractivity contribution >= 4 is 29.2 Å². The number of rotatable bonds is 4. The van der Waals surface area contributed by atoms with Crippen LogP contribution in [0.3, 0.4) is 0 Å². The summed E-state index contributed by atoms with van der Waals surface area (Å²) in [5.74, 6) is 0.0216. The van der Waals surface area contributed by atoms with Gasteiger partial charge in [-0.2, -0.15) is 0 Å². The molecule has 6 nitrogen and oxygen atoms in total. The lowest BCUT2D eigenvalue weighted by atomic mass is 10.2. The Morgan fingerprint density at radius 1 is 1.03 bits per heavy atom. The third-order valence-corrected chi connectivity index (χ3v) is 5.00. The summed E-state index contributed by atoms with van der Waals surface area (Å²) in [5, 5.41) is 3.27. The molecule has 160 valence electrons. The summed E-state index contributed by atoms with van der Waals surface area (Å²) in [6, 6.07) is 10.4. The number of ether oxygens (including phenoxy) is 1. The van der Waals surface area contributed by atoms with Crippen LogP contribution in [-0.4, -0.2) is 54.0 Å². The van der Waals surface area contributed by atoms with Crippen molar-refractivity contribution in [1.29, 1.82) is 0 Å². The van der Waals surface area contributed by atoms with Gasteiger partial charge < -0.3 is 19.9 Å². The van der Waals surface area contributed by atoms with Crippen molar-refractivity contribution in [2.45, 2.75) is 26.4 Å². The second kappa shape index (κ2) is 9.80. The Morgan fingerprint density at radius 3 is 2.37 bits per heavy atom. The lowest BCUT2D eigenvalue weighted by molar-refractivity contribution is 0.0762. The summed E-state index contributed by atoms with van der Waals surface area (Å²) in [5.41, 5.74) is 1.01. The van der Waals surface area contributed by atoms with Gasteiger partial charge in [-0.05, 0) is 62.7 Å². The molecule has 2 aromatic rings. The average Bonchev–Trinajstić information content (AvgIpc) is 2.96. The van der Waals surface area contributed by atoms with Crippen LogP contribution in [0.15, 0.2) is 42.5 Å². The lowest BCUT2D eigenvalue weighted by Gasteiger charge is -2.23. The van der Waals surface area contributed by atoms with Gasteiger partial charge in [0.1, 0.15) is 11.6 Å². The molecule has 0 saturated carbocycles. The summed E-state index contributed by atoms with van der Waals surface area (Å²) >= 11 is 6.23. The first-order valence-electron chi connectivity index (χ1n) is 9.90. The monoisotopic (exact) mass is 433 g/mol. The standard InChI is InChI=1S/C22H25ClFN3O3/c1-15(2)30-20-9-8-18(14-19(20)23)25-22(29)27-11-3-10-26(12-13-27)21(28)16-4-6-17(24)7-5-16/h4-9,14-15H,3,10-13H2,1-2H3,(H,25,29). The molecule has 30 heavy (non-hydrogen) atoms. The Balaban J connectivity index is 1.58. The van der Waals surface area contributed by atoms with E-state index in [4.69, 9.17) is 16.3 Å². The van der Waals surface area contributed by atoms with Gasteiger partial charge >= 0.3 is 6.03 Å². The summed E-state index contributed by atoms with van der Waals surface area (Å²) < 4.78 is 18.7. The SMILES string of the molecule is CC(C)Oc1ccc(NC(=O)N2CCCN(C(=O)c3ccc(F)cc3)CC2)cc1Cl. The second-order valence-corrected chi connectivity index (χ2v) is 7.79. The number of hydrogen-bond donors (Lipinski definition) is 1. The number of nitrogens with zero attached hydrogens (tertiary/aromatic N) is 2. The first kappa shape index (κ1) is 21.9. The molecule has 1 aliphatic heterocycles. The predicted molar refractivity (Wildman–Crippen MR) is 115 cm³/mol. The molecule has 0 aromatic heterocycles. The van der Waals surface area contributed by atoms with Gasteiger partial charge in [0, 0.05) is 37.4 Å². The van der Waals surface area contributed by atoms with Gasteiger partial charge in [-0.3, -0.25) is 4.79 Å². The van der Waals surface area contributed by atoms with Crippen molar-refractivity contribution in [1.82, 2.24) is 9.80 Å². The Kier molecular flexibility index (Phi) is 7.15. The maximum Gasteiger partial charge on any atom is 0.321 e. The Bertz CT molecular complexity index is 905. The number of hydrogen-bond acceptors (Lipinski definition) is 3. The fraction of sp³-hybridized carbons (Fsp3) is 0.364. The van der Waals surface area contributed by atoms with Crippen molar-refractivity contribution in [2.24, 2.45) is 0 Å². The molecule has 8 heteroatoms. The molecule has 0 bridgehead atoms. The molecule has 0 spiro atoms. The molecular weight excluding hydrogens is 409 g/mol. The number of carbonyl (C=O) groups is 2. The minimum atomic E-state index is -0.380. The lowest BCUT2D eigenvalue weighted by Crippen LogP contribution is -2.39. The molecule has 3 rings (SSSR count). The van der Waals surface area contributed by atoms with Crippen LogP contribution in [0, 0.1) is 5.82 Å². The van der Waals surface area contributed by atoms with E-state index >= 15 is 0 Å². The van der Waals surface area contributed by atoms with Crippen LogP contribution in [-0.2, 0) is 0 Å². The molecule has 1 aliphatic rings. The highest BCUT2D eigenvalue weighted by molar-refractivity contribution is 6.32. The van der Waals surface area contributed by atoms with E-state index in [1.54, 1.807) is 28.0 Å². The summed E-state index contributed by atoms with van der Waals surface area (Å²) in [6.45, 7) is 5.70. The van der Waals surface area contributed by atoms with Crippen molar-refractivity contribution in [3.63, 3.8) is 0 Å². The maximum absolute atomic E-state index is 13.1. The molecule has 3 amide bonds. The zero-order chi connectivity index (χ0) is 21.7. The van der Waals surface area contributed by atoms with E-state index < -0.39 is 0 Å². The topological polar surface area (TPSA) is 61.9 Å². The minimum Gasteiger partial charge on any atom is -0.489 e. The minimum absolute atomic E-state index is 0.000562. The molecule has 1 N–H and O–H groups in total. The van der Waals surface area contributed by atoms with Gasteiger partial charge in [0.25, 0.3) is 5.91 Å². The van der Waals surface area contributed by atoms with E-state index in [1.165, 1.54) is 24.3 Å². The average molecular weight is 434 g/mol. The van der Waals surface area contributed by atoms with Gasteiger partial charge in [0.2, 0.25) is 0 Å². The predicted octanol–water partition coefficient (Wildman–Crippen LogP) is 4.65. The molecular formula is C22H25ClFN3O3. The van der Waals surface area contributed by atoms with E-state index in [-0.39, 0.29) is 23.9 Å². The van der Waals surface area contributed by atoms with Crippen LogP contribution in [0.25, 0.3) is 0 Å². The molecule has 0 atom stereocenters. The number of carbonyl (C=O) groups excluding carboxylic acids is 2. The zero-order valence-electron chi connectivity index (χ0n) is 17.0. The largest absolute Gasteiger partial charge is 0.489 e. The van der Waals surface area contributed by atoms with E-state index in [9.17, 15) is 14.0 Å². The Labute approximate surface area is 180 Å². The third kappa shape index (κ3) is 5.63.